The fourth-order valence-electron chi connectivity index (χ4n) is 1.79. The number of aromatic nitrogens is 2. The van der Waals surface area contributed by atoms with Crippen LogP contribution in [0.1, 0.15) is 27.3 Å². The Balaban J connectivity index is 2.23. The normalized spacial score (nSPS) is 10.7. The molecule has 4 heteroatoms. The van der Waals surface area contributed by atoms with E-state index in [4.69, 9.17) is 0 Å². The second-order valence-corrected chi connectivity index (χ2v) is 4.47. The number of aryl methyl sites for hydroxylation is 3. The van der Waals surface area contributed by atoms with Crippen LogP contribution in [0.5, 0.6) is 0 Å². The maximum absolute atomic E-state index is 13.1. The fraction of sp³-hybridized carbons (Fsp3) is 0.286. The minimum Gasteiger partial charge on any atom is -0.292 e. The lowest BCUT2D eigenvalue weighted by atomic mass is 10.0. The smallest absolute Gasteiger partial charge is 0.187 e. The third-order valence-electron chi connectivity index (χ3n) is 3.06. The van der Waals surface area contributed by atoms with Crippen molar-refractivity contribution in [2.75, 3.05) is 0 Å². The molecular weight excluding hydrogens is 231 g/mol. The molecule has 2 aromatic rings. The topological polar surface area (TPSA) is 34.9 Å². The van der Waals surface area contributed by atoms with Crippen molar-refractivity contribution in [2.45, 2.75) is 20.3 Å². The molecule has 1 aromatic heterocycles. The zero-order chi connectivity index (χ0) is 13.3. The van der Waals surface area contributed by atoms with E-state index in [1.54, 1.807) is 23.9 Å². The Labute approximate surface area is 105 Å². The van der Waals surface area contributed by atoms with Crippen LogP contribution in [0.4, 0.5) is 4.39 Å². The summed E-state index contributed by atoms with van der Waals surface area (Å²) in [6.07, 6.45) is 0.181. The SMILES string of the molecule is Cc1ccc(F)cc1CC(=O)c1cc(C)n(C)n1. The first-order valence-corrected chi connectivity index (χ1v) is 5.76. The van der Waals surface area contributed by atoms with Gasteiger partial charge in [-0.3, -0.25) is 9.48 Å². The molecule has 0 unspecified atom stereocenters. The third-order valence-corrected chi connectivity index (χ3v) is 3.06. The summed E-state index contributed by atoms with van der Waals surface area (Å²) in [5, 5.41) is 4.13. The molecule has 0 bridgehead atoms. The van der Waals surface area contributed by atoms with Gasteiger partial charge in [0.1, 0.15) is 11.5 Å². The molecule has 94 valence electrons. The number of carbonyl (C=O) groups excluding carboxylic acids is 1. The Hall–Kier alpha value is -1.97. The van der Waals surface area contributed by atoms with Gasteiger partial charge >= 0.3 is 0 Å². The molecule has 0 amide bonds. The van der Waals surface area contributed by atoms with E-state index in [1.807, 2.05) is 13.8 Å². The van der Waals surface area contributed by atoms with E-state index >= 15 is 0 Å². The number of rotatable bonds is 3. The molecule has 0 aliphatic heterocycles. The standard InChI is InChI=1S/C14H15FN2O/c1-9-4-5-12(15)7-11(9)8-14(18)13-6-10(2)17(3)16-13/h4-7H,8H2,1-3H3. The van der Waals surface area contributed by atoms with Gasteiger partial charge in [0.25, 0.3) is 0 Å². The molecule has 0 aliphatic carbocycles. The molecule has 1 aromatic carbocycles. The Bertz CT molecular complexity index is 582. The van der Waals surface area contributed by atoms with Gasteiger partial charge in [0, 0.05) is 19.2 Å². The van der Waals surface area contributed by atoms with Crippen LogP contribution >= 0.6 is 0 Å². The Kier molecular flexibility index (Phi) is 3.28. The number of hydrogen-bond donors (Lipinski definition) is 0. The van der Waals surface area contributed by atoms with Gasteiger partial charge in [-0.05, 0) is 43.2 Å². The van der Waals surface area contributed by atoms with E-state index in [1.165, 1.54) is 12.1 Å². The minimum atomic E-state index is -0.319. The lowest BCUT2D eigenvalue weighted by molar-refractivity contribution is 0.0987. The molecule has 0 N–H and O–H groups in total. The summed E-state index contributed by atoms with van der Waals surface area (Å²) >= 11 is 0. The zero-order valence-corrected chi connectivity index (χ0v) is 10.7. The van der Waals surface area contributed by atoms with Gasteiger partial charge in [-0.1, -0.05) is 6.07 Å². The minimum absolute atomic E-state index is 0.0904. The lowest BCUT2D eigenvalue weighted by Gasteiger charge is -2.03. The highest BCUT2D eigenvalue weighted by Crippen LogP contribution is 2.13. The number of halogens is 1. The van der Waals surface area contributed by atoms with Crippen molar-refractivity contribution in [3.05, 3.63) is 52.6 Å². The number of Topliss-reactive ketones (excluding diaryl/α,β-unsaturated/α-hetero) is 1. The summed E-state index contributed by atoms with van der Waals surface area (Å²) in [7, 11) is 1.79. The van der Waals surface area contributed by atoms with Gasteiger partial charge in [0.05, 0.1) is 0 Å². The summed E-state index contributed by atoms with van der Waals surface area (Å²) in [5.41, 5.74) is 2.98. The summed E-state index contributed by atoms with van der Waals surface area (Å²) in [6.45, 7) is 3.75. The van der Waals surface area contributed by atoms with Gasteiger partial charge < -0.3 is 0 Å². The number of carbonyl (C=O) groups is 1. The maximum Gasteiger partial charge on any atom is 0.187 e. The van der Waals surface area contributed by atoms with Gasteiger partial charge in [0.2, 0.25) is 0 Å². The summed E-state index contributed by atoms with van der Waals surface area (Å²) in [4.78, 5) is 12.0. The van der Waals surface area contributed by atoms with Crippen LogP contribution in [0.3, 0.4) is 0 Å². The Morgan fingerprint density at radius 3 is 2.67 bits per heavy atom. The average molecular weight is 246 g/mol. The van der Waals surface area contributed by atoms with Crippen molar-refractivity contribution in [3.8, 4) is 0 Å². The summed E-state index contributed by atoms with van der Waals surface area (Å²) < 4.78 is 14.8. The van der Waals surface area contributed by atoms with Crippen molar-refractivity contribution in [2.24, 2.45) is 7.05 Å². The van der Waals surface area contributed by atoms with Crippen molar-refractivity contribution in [1.29, 1.82) is 0 Å². The molecule has 0 fully saturated rings. The molecule has 1 heterocycles. The van der Waals surface area contributed by atoms with E-state index in [-0.39, 0.29) is 18.0 Å². The molecule has 3 nitrogen and oxygen atoms in total. The van der Waals surface area contributed by atoms with Crippen LogP contribution in [0.2, 0.25) is 0 Å². The first-order chi connectivity index (χ1) is 8.47. The molecule has 0 radical (unpaired) electrons. The van der Waals surface area contributed by atoms with Crippen molar-refractivity contribution in [1.82, 2.24) is 9.78 Å². The van der Waals surface area contributed by atoms with Gasteiger partial charge in [-0.15, -0.1) is 0 Å². The van der Waals surface area contributed by atoms with E-state index < -0.39 is 0 Å². The molecule has 0 saturated carbocycles. The average Bonchev–Trinajstić information content (AvgIpc) is 2.64. The Morgan fingerprint density at radius 2 is 2.06 bits per heavy atom. The summed E-state index contributed by atoms with van der Waals surface area (Å²) in [5.74, 6) is -0.409. The first kappa shape index (κ1) is 12.5. The fourth-order valence-corrected chi connectivity index (χ4v) is 1.79. The van der Waals surface area contributed by atoms with Crippen LogP contribution in [-0.2, 0) is 13.5 Å². The van der Waals surface area contributed by atoms with E-state index in [0.29, 0.717) is 11.3 Å². The van der Waals surface area contributed by atoms with Crippen LogP contribution in [0.25, 0.3) is 0 Å². The molecule has 0 aliphatic rings. The van der Waals surface area contributed by atoms with Crippen molar-refractivity contribution >= 4 is 5.78 Å². The predicted molar refractivity (Wildman–Crippen MR) is 67.1 cm³/mol. The van der Waals surface area contributed by atoms with Crippen LogP contribution < -0.4 is 0 Å². The second-order valence-electron chi connectivity index (χ2n) is 4.47. The highest BCUT2D eigenvalue weighted by atomic mass is 19.1. The molecule has 0 atom stereocenters. The van der Waals surface area contributed by atoms with Crippen LogP contribution in [0.15, 0.2) is 24.3 Å². The maximum atomic E-state index is 13.1. The molecule has 2 rings (SSSR count). The molecule has 18 heavy (non-hydrogen) atoms. The van der Waals surface area contributed by atoms with E-state index in [2.05, 4.69) is 5.10 Å². The number of nitrogens with zero attached hydrogens (tertiary/aromatic N) is 2. The summed E-state index contributed by atoms with van der Waals surface area (Å²) in [6, 6.07) is 6.23. The number of ketones is 1. The van der Waals surface area contributed by atoms with E-state index in [0.717, 1.165) is 11.3 Å². The molecule has 0 saturated heterocycles. The number of hydrogen-bond acceptors (Lipinski definition) is 2. The molecular formula is C14H15FN2O. The predicted octanol–water partition coefficient (Wildman–Crippen LogP) is 2.60. The third kappa shape index (κ3) is 2.47. The van der Waals surface area contributed by atoms with Gasteiger partial charge in [-0.2, -0.15) is 5.10 Å². The highest BCUT2D eigenvalue weighted by Gasteiger charge is 2.13. The number of benzene rings is 1. The van der Waals surface area contributed by atoms with E-state index in [9.17, 15) is 9.18 Å². The zero-order valence-electron chi connectivity index (χ0n) is 10.7. The molecule has 0 spiro atoms. The second kappa shape index (κ2) is 4.72. The van der Waals surface area contributed by atoms with Crippen molar-refractivity contribution in [3.63, 3.8) is 0 Å². The highest BCUT2D eigenvalue weighted by molar-refractivity contribution is 5.96. The first-order valence-electron chi connectivity index (χ1n) is 5.76. The van der Waals surface area contributed by atoms with Crippen LogP contribution in [0, 0.1) is 19.7 Å². The van der Waals surface area contributed by atoms with Gasteiger partial charge in [-0.25, -0.2) is 4.39 Å². The largest absolute Gasteiger partial charge is 0.292 e. The van der Waals surface area contributed by atoms with Crippen molar-refractivity contribution < 1.29 is 9.18 Å². The van der Waals surface area contributed by atoms with Crippen LogP contribution in [-0.4, -0.2) is 15.6 Å². The monoisotopic (exact) mass is 246 g/mol. The lowest BCUT2D eigenvalue weighted by Crippen LogP contribution is -2.06. The quantitative estimate of drug-likeness (QED) is 0.780. The Morgan fingerprint density at radius 1 is 1.33 bits per heavy atom. The van der Waals surface area contributed by atoms with Gasteiger partial charge in [0.15, 0.2) is 5.78 Å².